The van der Waals surface area contributed by atoms with Crippen LogP contribution in [0, 0.1) is 5.92 Å². The lowest BCUT2D eigenvalue weighted by molar-refractivity contribution is 0.0907. The zero-order chi connectivity index (χ0) is 12.7. The predicted octanol–water partition coefficient (Wildman–Crippen LogP) is 3.32. The van der Waals surface area contributed by atoms with Crippen molar-refractivity contribution < 1.29 is 4.79 Å². The third-order valence-corrected chi connectivity index (χ3v) is 5.70. The van der Waals surface area contributed by atoms with Crippen molar-refractivity contribution in [2.45, 2.75) is 56.1 Å². The molecule has 0 saturated carbocycles. The third kappa shape index (κ3) is 2.22. The Morgan fingerprint density at radius 3 is 2.61 bits per heavy atom. The number of hydrogen-bond acceptors (Lipinski definition) is 3. The summed E-state index contributed by atoms with van der Waals surface area (Å²) in [6.07, 6.45) is 8.43. The molecular weight excluding hydrogens is 244 g/mol. The Hall–Kier alpha value is -0.770. The zero-order valence-electron chi connectivity index (χ0n) is 11.0. The number of nitrogens with zero attached hydrogens (tertiary/aromatic N) is 2. The lowest BCUT2D eigenvalue weighted by atomic mass is 9.92. The normalized spacial score (nSPS) is 30.9. The maximum atomic E-state index is 12.5. The van der Waals surface area contributed by atoms with Crippen molar-refractivity contribution in [3.8, 4) is 0 Å². The van der Waals surface area contributed by atoms with Crippen molar-refractivity contribution >= 4 is 17.5 Å². The lowest BCUT2D eigenvalue weighted by Gasteiger charge is -2.25. The van der Waals surface area contributed by atoms with E-state index in [1.807, 2.05) is 10.9 Å². The topological polar surface area (TPSA) is 34.9 Å². The molecule has 3 heterocycles. The summed E-state index contributed by atoms with van der Waals surface area (Å²) in [4.78, 5) is 12.5. The van der Waals surface area contributed by atoms with Gasteiger partial charge in [-0.1, -0.05) is 0 Å². The summed E-state index contributed by atoms with van der Waals surface area (Å²) in [5.74, 6) is 0.563. The fourth-order valence-corrected chi connectivity index (χ4v) is 4.83. The van der Waals surface area contributed by atoms with E-state index in [2.05, 4.69) is 30.7 Å². The minimum Gasteiger partial charge on any atom is -0.294 e. The first-order chi connectivity index (χ1) is 8.63. The van der Waals surface area contributed by atoms with E-state index in [1.165, 1.54) is 12.8 Å². The molecule has 2 aliphatic rings. The molecule has 4 heteroatoms. The number of aromatic nitrogens is 2. The van der Waals surface area contributed by atoms with Crippen molar-refractivity contribution in [1.29, 1.82) is 0 Å². The third-order valence-electron chi connectivity index (χ3n) is 4.08. The van der Waals surface area contributed by atoms with Crippen LogP contribution < -0.4 is 0 Å². The Labute approximate surface area is 112 Å². The molecule has 2 aliphatic heterocycles. The number of fused-ring (bicyclic) bond motifs is 2. The summed E-state index contributed by atoms with van der Waals surface area (Å²) < 4.78 is 1.87. The summed E-state index contributed by atoms with van der Waals surface area (Å²) in [6.45, 7) is 4.16. The zero-order valence-corrected chi connectivity index (χ0v) is 11.8. The number of hydrogen-bond donors (Lipinski definition) is 0. The van der Waals surface area contributed by atoms with E-state index in [-0.39, 0.29) is 5.92 Å². The molecule has 0 N–H and O–H groups in total. The van der Waals surface area contributed by atoms with Crippen LogP contribution in [-0.4, -0.2) is 26.1 Å². The first-order valence-corrected chi connectivity index (χ1v) is 7.81. The lowest BCUT2D eigenvalue weighted by Crippen LogP contribution is -2.24. The molecule has 1 aromatic rings. The number of rotatable bonds is 3. The van der Waals surface area contributed by atoms with Gasteiger partial charge >= 0.3 is 0 Å². The molecule has 2 fully saturated rings. The Morgan fingerprint density at radius 1 is 1.39 bits per heavy atom. The summed E-state index contributed by atoms with van der Waals surface area (Å²) in [7, 11) is 0. The van der Waals surface area contributed by atoms with Gasteiger partial charge in [0.1, 0.15) is 0 Å². The van der Waals surface area contributed by atoms with Crippen LogP contribution in [0.3, 0.4) is 0 Å². The van der Waals surface area contributed by atoms with Crippen molar-refractivity contribution in [1.82, 2.24) is 9.78 Å². The highest BCUT2D eigenvalue weighted by Crippen LogP contribution is 2.46. The van der Waals surface area contributed by atoms with Crippen LogP contribution >= 0.6 is 11.8 Å². The molecule has 0 radical (unpaired) electrons. The maximum absolute atomic E-state index is 12.5. The largest absolute Gasteiger partial charge is 0.294 e. The highest BCUT2D eigenvalue weighted by Gasteiger charge is 2.38. The standard InChI is InChI=1S/C14H20N2OS/c1-9(2)16-8-11(7-15-16)14(17)10-5-12-3-4-13(6-10)18-12/h7-10,12-13H,3-6H2,1-2H3. The molecule has 0 amide bonds. The average Bonchev–Trinajstić information content (AvgIpc) is 2.95. The van der Waals surface area contributed by atoms with Gasteiger partial charge in [-0.3, -0.25) is 9.48 Å². The van der Waals surface area contributed by atoms with Gasteiger partial charge in [-0.25, -0.2) is 0 Å². The Bertz CT molecular complexity index is 442. The van der Waals surface area contributed by atoms with Gasteiger partial charge < -0.3 is 0 Å². The van der Waals surface area contributed by atoms with Crippen LogP contribution in [0.1, 0.15) is 55.9 Å². The highest BCUT2D eigenvalue weighted by molar-refractivity contribution is 8.00. The van der Waals surface area contributed by atoms with E-state index in [4.69, 9.17) is 0 Å². The van der Waals surface area contributed by atoms with E-state index in [0.29, 0.717) is 11.8 Å². The van der Waals surface area contributed by atoms with Crippen molar-refractivity contribution in [2.24, 2.45) is 5.92 Å². The molecule has 1 aromatic heterocycles. The number of thioether (sulfide) groups is 1. The van der Waals surface area contributed by atoms with Crippen LogP contribution in [0.5, 0.6) is 0 Å². The average molecular weight is 264 g/mol. The van der Waals surface area contributed by atoms with Gasteiger partial charge in [-0.15, -0.1) is 0 Å². The van der Waals surface area contributed by atoms with E-state index < -0.39 is 0 Å². The van der Waals surface area contributed by atoms with E-state index in [9.17, 15) is 4.79 Å². The van der Waals surface area contributed by atoms with Crippen LogP contribution in [-0.2, 0) is 0 Å². The summed E-state index contributed by atoms with van der Waals surface area (Å²) >= 11 is 2.11. The molecule has 2 bridgehead atoms. The smallest absolute Gasteiger partial charge is 0.169 e. The maximum Gasteiger partial charge on any atom is 0.169 e. The van der Waals surface area contributed by atoms with Gasteiger partial charge in [0.25, 0.3) is 0 Å². The number of ketones is 1. The second kappa shape index (κ2) is 4.72. The molecule has 2 saturated heterocycles. The molecule has 18 heavy (non-hydrogen) atoms. The van der Waals surface area contributed by atoms with Gasteiger partial charge in [-0.05, 0) is 39.5 Å². The molecule has 2 unspecified atom stereocenters. The first kappa shape index (κ1) is 12.3. The van der Waals surface area contributed by atoms with Crippen molar-refractivity contribution in [2.75, 3.05) is 0 Å². The summed E-state index contributed by atoms with van der Waals surface area (Å²) in [6, 6.07) is 0.324. The Kier molecular flexibility index (Phi) is 3.22. The van der Waals surface area contributed by atoms with Gasteiger partial charge in [0.05, 0.1) is 11.8 Å². The van der Waals surface area contributed by atoms with Crippen LogP contribution in [0.25, 0.3) is 0 Å². The monoisotopic (exact) mass is 264 g/mol. The molecular formula is C14H20N2OS. The molecule has 3 rings (SSSR count). The highest BCUT2D eigenvalue weighted by atomic mass is 32.2. The predicted molar refractivity (Wildman–Crippen MR) is 74.1 cm³/mol. The number of carbonyl (C=O) groups is 1. The fraction of sp³-hybridized carbons (Fsp3) is 0.714. The second-order valence-electron chi connectivity index (χ2n) is 5.79. The minimum atomic E-state index is 0.244. The number of carbonyl (C=O) groups excluding carboxylic acids is 1. The Morgan fingerprint density at radius 2 is 2.06 bits per heavy atom. The van der Waals surface area contributed by atoms with Gasteiger partial charge in [-0.2, -0.15) is 16.9 Å². The van der Waals surface area contributed by atoms with E-state index in [0.717, 1.165) is 28.9 Å². The Balaban J connectivity index is 1.73. The van der Waals surface area contributed by atoms with Gasteiger partial charge in [0, 0.05) is 28.7 Å². The molecule has 0 aromatic carbocycles. The van der Waals surface area contributed by atoms with Crippen molar-refractivity contribution in [3.05, 3.63) is 18.0 Å². The van der Waals surface area contributed by atoms with E-state index in [1.54, 1.807) is 6.20 Å². The molecule has 2 atom stereocenters. The first-order valence-electron chi connectivity index (χ1n) is 6.87. The minimum absolute atomic E-state index is 0.244. The number of Topliss-reactive ketones (excluding diaryl/α,β-unsaturated/α-hetero) is 1. The van der Waals surface area contributed by atoms with Crippen LogP contribution in [0.2, 0.25) is 0 Å². The quantitative estimate of drug-likeness (QED) is 0.786. The summed E-state index contributed by atoms with van der Waals surface area (Å²) in [5, 5.41) is 5.74. The van der Waals surface area contributed by atoms with Crippen LogP contribution in [0.4, 0.5) is 0 Å². The van der Waals surface area contributed by atoms with Gasteiger partial charge in [0.15, 0.2) is 5.78 Å². The van der Waals surface area contributed by atoms with E-state index >= 15 is 0 Å². The molecule has 3 nitrogen and oxygen atoms in total. The van der Waals surface area contributed by atoms with Crippen molar-refractivity contribution in [3.63, 3.8) is 0 Å². The fourth-order valence-electron chi connectivity index (χ4n) is 3.06. The molecule has 98 valence electrons. The summed E-state index contributed by atoms with van der Waals surface area (Å²) in [5.41, 5.74) is 0.806. The van der Waals surface area contributed by atoms with Gasteiger partial charge in [0.2, 0.25) is 0 Å². The molecule has 0 spiro atoms. The molecule has 0 aliphatic carbocycles. The van der Waals surface area contributed by atoms with Crippen LogP contribution in [0.15, 0.2) is 12.4 Å². The SMILES string of the molecule is CC(C)n1cc(C(=O)C2CC3CCC(C2)S3)cn1. The second-order valence-corrected chi connectivity index (χ2v) is 7.40.